The zero-order chi connectivity index (χ0) is 15.6. The van der Waals surface area contributed by atoms with Crippen molar-refractivity contribution in [1.82, 2.24) is 4.98 Å². The summed E-state index contributed by atoms with van der Waals surface area (Å²) in [5.41, 5.74) is 0.626. The Labute approximate surface area is 127 Å². The summed E-state index contributed by atoms with van der Waals surface area (Å²) in [6.07, 6.45) is 2.58. The Morgan fingerprint density at radius 3 is 2.64 bits per heavy atom. The van der Waals surface area contributed by atoms with Gasteiger partial charge in [-0.1, -0.05) is 24.3 Å². The Hall–Kier alpha value is -2.91. The number of allylic oxidation sites excluding steroid dienone is 1. The number of hydrogen-bond acceptors (Lipinski definition) is 5. The van der Waals surface area contributed by atoms with Gasteiger partial charge in [-0.05, 0) is 24.3 Å². The minimum Gasteiger partial charge on any atom is -0.457 e. The summed E-state index contributed by atoms with van der Waals surface area (Å²) in [6, 6.07) is 15.2. The number of fused-ring (bicyclic) bond motifs is 1. The van der Waals surface area contributed by atoms with Crippen molar-refractivity contribution >= 4 is 26.9 Å². The van der Waals surface area contributed by atoms with Gasteiger partial charge in [0.1, 0.15) is 17.4 Å². The Morgan fingerprint density at radius 1 is 1.18 bits per heavy atom. The van der Waals surface area contributed by atoms with Gasteiger partial charge in [-0.15, -0.1) is 0 Å². The molecule has 6 heteroatoms. The molecule has 0 saturated carbocycles. The highest BCUT2D eigenvalue weighted by atomic mass is 32.2. The lowest BCUT2D eigenvalue weighted by molar-refractivity contribution is 0.596. The fraction of sp³-hybridized carbons (Fsp3) is 0. The van der Waals surface area contributed by atoms with E-state index in [2.05, 4.69) is 4.98 Å². The number of nitrogens with zero attached hydrogens (tertiary/aromatic N) is 2. The summed E-state index contributed by atoms with van der Waals surface area (Å²) in [7, 11) is -3.96. The standard InChI is InChI=1S/C16H10N2O3S/c17-11-14(22(19,20)16-7-3-4-8-18-16)10-13-9-12-5-1-2-6-15(12)21-13/h1-10H/b14-10+. The molecule has 0 aliphatic rings. The molecule has 0 fully saturated rings. The zero-order valence-electron chi connectivity index (χ0n) is 11.3. The van der Waals surface area contributed by atoms with Crippen LogP contribution in [0.15, 0.2) is 69.1 Å². The number of benzene rings is 1. The second-order valence-corrected chi connectivity index (χ2v) is 6.34. The van der Waals surface area contributed by atoms with Gasteiger partial charge in [-0.3, -0.25) is 0 Å². The lowest BCUT2D eigenvalue weighted by atomic mass is 10.2. The van der Waals surface area contributed by atoms with Crippen LogP contribution in [0.3, 0.4) is 0 Å². The Balaban J connectivity index is 2.09. The molecule has 0 unspecified atom stereocenters. The quantitative estimate of drug-likeness (QED) is 0.694. The van der Waals surface area contributed by atoms with E-state index < -0.39 is 14.7 Å². The number of para-hydroxylation sites is 1. The van der Waals surface area contributed by atoms with Crippen molar-refractivity contribution in [2.75, 3.05) is 0 Å². The molecule has 5 nitrogen and oxygen atoms in total. The molecule has 0 saturated heterocycles. The summed E-state index contributed by atoms with van der Waals surface area (Å²) in [5.74, 6) is 0.303. The van der Waals surface area contributed by atoms with E-state index in [-0.39, 0.29) is 5.03 Å². The largest absolute Gasteiger partial charge is 0.457 e. The minimum atomic E-state index is -3.96. The third-order valence-electron chi connectivity index (χ3n) is 3.03. The second kappa shape index (κ2) is 5.47. The summed E-state index contributed by atoms with van der Waals surface area (Å²) in [5, 5.41) is 9.86. The highest BCUT2D eigenvalue weighted by molar-refractivity contribution is 7.95. The van der Waals surface area contributed by atoms with Crippen molar-refractivity contribution < 1.29 is 12.8 Å². The maximum absolute atomic E-state index is 12.4. The first-order chi connectivity index (χ1) is 10.6. The Bertz CT molecular complexity index is 964. The number of rotatable bonds is 3. The molecule has 0 bridgehead atoms. The van der Waals surface area contributed by atoms with E-state index in [1.165, 1.54) is 18.3 Å². The average Bonchev–Trinajstić information content (AvgIpc) is 2.95. The molecule has 0 N–H and O–H groups in total. The number of sulfone groups is 1. The zero-order valence-corrected chi connectivity index (χ0v) is 12.1. The van der Waals surface area contributed by atoms with Gasteiger partial charge >= 0.3 is 0 Å². The van der Waals surface area contributed by atoms with Crippen molar-refractivity contribution in [2.45, 2.75) is 5.03 Å². The molecular weight excluding hydrogens is 300 g/mol. The molecule has 108 valence electrons. The maximum Gasteiger partial charge on any atom is 0.233 e. The topological polar surface area (TPSA) is 84.0 Å². The van der Waals surface area contributed by atoms with Crippen LogP contribution in [0.25, 0.3) is 17.0 Å². The first-order valence-electron chi connectivity index (χ1n) is 6.38. The van der Waals surface area contributed by atoms with Crippen molar-refractivity contribution in [3.05, 3.63) is 65.4 Å². The van der Waals surface area contributed by atoms with Gasteiger partial charge in [-0.2, -0.15) is 5.26 Å². The summed E-state index contributed by atoms with van der Waals surface area (Å²) in [4.78, 5) is 3.38. The fourth-order valence-corrected chi connectivity index (χ4v) is 3.07. The van der Waals surface area contributed by atoms with E-state index >= 15 is 0 Å². The van der Waals surface area contributed by atoms with Crippen molar-refractivity contribution in [3.63, 3.8) is 0 Å². The molecule has 3 rings (SSSR count). The number of furan rings is 1. The predicted octanol–water partition coefficient (Wildman–Crippen LogP) is 3.17. The molecule has 0 atom stereocenters. The number of pyridine rings is 1. The lowest BCUT2D eigenvalue weighted by Crippen LogP contribution is -2.05. The van der Waals surface area contributed by atoms with Crippen LogP contribution in [-0.2, 0) is 9.84 Å². The van der Waals surface area contributed by atoms with Crippen molar-refractivity contribution in [2.24, 2.45) is 0 Å². The SMILES string of the molecule is N#C/C(=C\c1cc2ccccc2o1)S(=O)(=O)c1ccccn1. The number of hydrogen-bond donors (Lipinski definition) is 0. The molecule has 2 heterocycles. The first kappa shape index (κ1) is 14.0. The molecule has 2 aromatic heterocycles. The van der Waals surface area contributed by atoms with Crippen LogP contribution in [0.2, 0.25) is 0 Å². The van der Waals surface area contributed by atoms with Crippen LogP contribution < -0.4 is 0 Å². The Morgan fingerprint density at radius 2 is 1.95 bits per heavy atom. The normalized spacial score (nSPS) is 12.2. The van der Waals surface area contributed by atoms with Crippen LogP contribution in [-0.4, -0.2) is 13.4 Å². The highest BCUT2D eigenvalue weighted by Crippen LogP contribution is 2.24. The van der Waals surface area contributed by atoms with E-state index in [1.54, 1.807) is 30.3 Å². The Kier molecular flexibility index (Phi) is 3.49. The second-order valence-electron chi connectivity index (χ2n) is 4.48. The van der Waals surface area contributed by atoms with Crippen LogP contribution in [0, 0.1) is 11.3 Å². The molecule has 0 radical (unpaired) electrons. The summed E-state index contributed by atoms with van der Waals surface area (Å²) in [6.45, 7) is 0. The molecule has 0 aliphatic heterocycles. The van der Waals surface area contributed by atoms with Gasteiger partial charge in [-0.25, -0.2) is 13.4 Å². The molecular formula is C16H10N2O3S. The van der Waals surface area contributed by atoms with Gasteiger partial charge in [0.15, 0.2) is 9.93 Å². The summed E-state index contributed by atoms with van der Waals surface area (Å²) < 4.78 is 30.3. The van der Waals surface area contributed by atoms with Gasteiger partial charge in [0.25, 0.3) is 0 Å². The summed E-state index contributed by atoms with van der Waals surface area (Å²) >= 11 is 0. The van der Waals surface area contributed by atoms with Crippen LogP contribution in [0.5, 0.6) is 0 Å². The molecule has 22 heavy (non-hydrogen) atoms. The highest BCUT2D eigenvalue weighted by Gasteiger charge is 2.22. The minimum absolute atomic E-state index is 0.168. The molecule has 3 aromatic rings. The number of aromatic nitrogens is 1. The van der Waals surface area contributed by atoms with Crippen molar-refractivity contribution in [1.29, 1.82) is 5.26 Å². The monoisotopic (exact) mass is 310 g/mol. The van der Waals surface area contributed by atoms with E-state index in [1.807, 2.05) is 18.2 Å². The molecule has 0 amide bonds. The van der Waals surface area contributed by atoms with Gasteiger partial charge in [0.2, 0.25) is 9.84 Å². The third-order valence-corrected chi connectivity index (χ3v) is 4.61. The smallest absolute Gasteiger partial charge is 0.233 e. The fourth-order valence-electron chi connectivity index (χ4n) is 1.99. The van der Waals surface area contributed by atoms with Gasteiger partial charge in [0.05, 0.1) is 0 Å². The van der Waals surface area contributed by atoms with E-state index in [0.717, 1.165) is 5.39 Å². The van der Waals surface area contributed by atoms with Crippen LogP contribution in [0.1, 0.15) is 5.76 Å². The molecule has 0 spiro atoms. The van der Waals surface area contributed by atoms with Gasteiger partial charge in [0, 0.05) is 17.7 Å². The van der Waals surface area contributed by atoms with E-state index in [0.29, 0.717) is 11.3 Å². The molecule has 0 aliphatic carbocycles. The van der Waals surface area contributed by atoms with Crippen LogP contribution >= 0.6 is 0 Å². The number of nitriles is 1. The maximum atomic E-state index is 12.4. The molecule has 1 aromatic carbocycles. The van der Waals surface area contributed by atoms with Gasteiger partial charge < -0.3 is 4.42 Å². The van der Waals surface area contributed by atoms with Crippen molar-refractivity contribution in [3.8, 4) is 6.07 Å². The van der Waals surface area contributed by atoms with E-state index in [9.17, 15) is 13.7 Å². The average molecular weight is 310 g/mol. The third kappa shape index (κ3) is 2.50. The first-order valence-corrected chi connectivity index (χ1v) is 7.86. The lowest BCUT2D eigenvalue weighted by Gasteiger charge is -2.00. The predicted molar refractivity (Wildman–Crippen MR) is 81.2 cm³/mol. The van der Waals surface area contributed by atoms with Crippen LogP contribution in [0.4, 0.5) is 0 Å². The van der Waals surface area contributed by atoms with E-state index in [4.69, 9.17) is 4.42 Å².